The number of hydrogen-bond donors (Lipinski definition) is 0. The summed E-state index contributed by atoms with van der Waals surface area (Å²) in [7, 11) is 0. The Hall–Kier alpha value is -1.50. The van der Waals surface area contributed by atoms with Gasteiger partial charge < -0.3 is 4.74 Å². The molecule has 0 N–H and O–H groups in total. The molecule has 1 heteroatoms. The van der Waals surface area contributed by atoms with Crippen LogP contribution in [0, 0.1) is 11.8 Å². The Morgan fingerprint density at radius 2 is 2.12 bits per heavy atom. The van der Waals surface area contributed by atoms with E-state index in [1.54, 1.807) is 0 Å². The summed E-state index contributed by atoms with van der Waals surface area (Å²) in [5, 5.41) is 0. The highest BCUT2D eigenvalue weighted by atomic mass is 16.5. The molecular weight excluding hydrogens is 208 g/mol. The van der Waals surface area contributed by atoms with Crippen molar-refractivity contribution in [1.29, 1.82) is 0 Å². The summed E-state index contributed by atoms with van der Waals surface area (Å²) in [6, 6.07) is 8.79. The smallest absolute Gasteiger partial charge is 0.120 e. The van der Waals surface area contributed by atoms with Crippen LogP contribution in [-0.4, -0.2) is 6.10 Å². The van der Waals surface area contributed by atoms with Gasteiger partial charge in [-0.2, -0.15) is 0 Å². The third-order valence-electron chi connectivity index (χ3n) is 4.48. The van der Waals surface area contributed by atoms with Crippen molar-refractivity contribution in [2.75, 3.05) is 0 Å². The number of benzene rings is 1. The average molecular weight is 224 g/mol. The van der Waals surface area contributed by atoms with Crippen LogP contribution < -0.4 is 0 Å². The van der Waals surface area contributed by atoms with Crippen LogP contribution >= 0.6 is 0 Å². The summed E-state index contributed by atoms with van der Waals surface area (Å²) in [5.74, 6) is 1.39. The first-order valence-corrected chi connectivity index (χ1v) is 6.54. The molecule has 86 valence electrons. The van der Waals surface area contributed by atoms with Crippen molar-refractivity contribution in [2.24, 2.45) is 11.8 Å². The van der Waals surface area contributed by atoms with Gasteiger partial charge in [0.15, 0.2) is 0 Å². The predicted octanol–water partition coefficient (Wildman–Crippen LogP) is 3.56. The molecule has 1 aliphatic heterocycles. The van der Waals surface area contributed by atoms with Crippen molar-refractivity contribution in [3.8, 4) is 0 Å². The van der Waals surface area contributed by atoms with E-state index in [2.05, 4.69) is 36.4 Å². The van der Waals surface area contributed by atoms with Crippen LogP contribution in [0.1, 0.15) is 24.0 Å². The second-order valence-electron chi connectivity index (χ2n) is 5.30. The lowest BCUT2D eigenvalue weighted by molar-refractivity contribution is 0.0959. The average Bonchev–Trinajstić information content (AvgIpc) is 2.86. The van der Waals surface area contributed by atoms with E-state index in [4.69, 9.17) is 4.74 Å². The molecule has 1 nitrogen and oxygen atoms in total. The van der Waals surface area contributed by atoms with Crippen LogP contribution in [0.25, 0.3) is 5.57 Å². The standard InChI is InChI=1S/C16H16O/c1-2-5-12-11(4-1)8-9-13-14-6-3-7-16(14)17-10-15(12)13/h1-5,7,10,13-14,16H,6,8-9H2/t13-,14-,16-/m1/s1. The molecule has 0 unspecified atom stereocenters. The summed E-state index contributed by atoms with van der Waals surface area (Å²) in [6.45, 7) is 0. The van der Waals surface area contributed by atoms with E-state index < -0.39 is 0 Å². The Morgan fingerprint density at radius 1 is 1.18 bits per heavy atom. The Balaban J connectivity index is 1.80. The molecule has 0 aromatic heterocycles. The highest BCUT2D eigenvalue weighted by Gasteiger charge is 2.39. The van der Waals surface area contributed by atoms with Crippen molar-refractivity contribution in [3.05, 3.63) is 53.8 Å². The minimum atomic E-state index is 0.342. The molecular formula is C16H16O. The topological polar surface area (TPSA) is 9.23 Å². The Labute approximate surface area is 102 Å². The van der Waals surface area contributed by atoms with Crippen LogP contribution in [0.4, 0.5) is 0 Å². The maximum absolute atomic E-state index is 5.88. The molecule has 3 aliphatic rings. The van der Waals surface area contributed by atoms with E-state index in [9.17, 15) is 0 Å². The fourth-order valence-corrected chi connectivity index (χ4v) is 3.62. The lowest BCUT2D eigenvalue weighted by Gasteiger charge is -2.38. The third kappa shape index (κ3) is 1.32. The molecule has 4 rings (SSSR count). The van der Waals surface area contributed by atoms with Crippen molar-refractivity contribution in [3.63, 3.8) is 0 Å². The molecule has 0 saturated heterocycles. The number of fused-ring (bicyclic) bond motifs is 5. The monoisotopic (exact) mass is 224 g/mol. The van der Waals surface area contributed by atoms with Gasteiger partial charge in [-0.3, -0.25) is 0 Å². The highest BCUT2D eigenvalue weighted by molar-refractivity contribution is 5.72. The number of hydrogen-bond acceptors (Lipinski definition) is 1. The van der Waals surface area contributed by atoms with Crippen LogP contribution in [0.3, 0.4) is 0 Å². The third-order valence-corrected chi connectivity index (χ3v) is 4.48. The van der Waals surface area contributed by atoms with Gasteiger partial charge in [0, 0.05) is 5.92 Å². The zero-order valence-corrected chi connectivity index (χ0v) is 9.80. The van der Waals surface area contributed by atoms with Crippen LogP contribution in [-0.2, 0) is 11.2 Å². The molecule has 0 fully saturated rings. The van der Waals surface area contributed by atoms with Crippen molar-refractivity contribution >= 4 is 5.57 Å². The lowest BCUT2D eigenvalue weighted by Crippen LogP contribution is -2.32. The summed E-state index contributed by atoms with van der Waals surface area (Å²) in [4.78, 5) is 0. The lowest BCUT2D eigenvalue weighted by atomic mass is 9.71. The fourth-order valence-electron chi connectivity index (χ4n) is 3.62. The largest absolute Gasteiger partial charge is 0.493 e. The molecule has 0 radical (unpaired) electrons. The van der Waals surface area contributed by atoms with E-state index in [1.807, 2.05) is 6.26 Å². The molecule has 1 aromatic carbocycles. The Bertz CT molecular complexity index is 512. The van der Waals surface area contributed by atoms with Gasteiger partial charge in [-0.1, -0.05) is 30.3 Å². The van der Waals surface area contributed by atoms with Gasteiger partial charge in [-0.25, -0.2) is 0 Å². The zero-order chi connectivity index (χ0) is 11.2. The van der Waals surface area contributed by atoms with Gasteiger partial charge >= 0.3 is 0 Å². The second-order valence-corrected chi connectivity index (χ2v) is 5.30. The van der Waals surface area contributed by atoms with Crippen LogP contribution in [0.2, 0.25) is 0 Å². The van der Waals surface area contributed by atoms with Crippen molar-refractivity contribution in [2.45, 2.75) is 25.4 Å². The molecule has 0 amide bonds. The highest BCUT2D eigenvalue weighted by Crippen LogP contribution is 2.46. The van der Waals surface area contributed by atoms with Gasteiger partial charge in [0.25, 0.3) is 0 Å². The fraction of sp³-hybridized carbons (Fsp3) is 0.375. The maximum atomic E-state index is 5.88. The molecule has 2 aliphatic carbocycles. The zero-order valence-electron chi connectivity index (χ0n) is 9.80. The number of allylic oxidation sites excluding steroid dienone is 2. The first kappa shape index (κ1) is 9.52. The first-order chi connectivity index (χ1) is 8.43. The Morgan fingerprint density at radius 3 is 3.12 bits per heavy atom. The predicted molar refractivity (Wildman–Crippen MR) is 68.4 cm³/mol. The van der Waals surface area contributed by atoms with E-state index in [0.717, 1.165) is 0 Å². The van der Waals surface area contributed by atoms with Gasteiger partial charge in [0.1, 0.15) is 6.10 Å². The maximum Gasteiger partial charge on any atom is 0.120 e. The minimum absolute atomic E-state index is 0.342. The SMILES string of the molecule is C1=C[C@H]2OC=C3c4ccccc4CC[C@@H]3[C@H]2C1. The normalized spacial score (nSPS) is 33.2. The summed E-state index contributed by atoms with van der Waals surface area (Å²) in [5.41, 5.74) is 4.36. The summed E-state index contributed by atoms with van der Waals surface area (Å²) >= 11 is 0. The summed E-state index contributed by atoms with van der Waals surface area (Å²) in [6.07, 6.45) is 10.6. The number of ether oxygens (including phenoxy) is 1. The molecule has 0 saturated carbocycles. The number of rotatable bonds is 0. The minimum Gasteiger partial charge on any atom is -0.493 e. The van der Waals surface area contributed by atoms with E-state index in [0.29, 0.717) is 17.9 Å². The Kier molecular flexibility index (Phi) is 1.96. The van der Waals surface area contributed by atoms with Gasteiger partial charge in [0.05, 0.1) is 6.26 Å². The molecule has 17 heavy (non-hydrogen) atoms. The van der Waals surface area contributed by atoms with E-state index in [-0.39, 0.29) is 0 Å². The van der Waals surface area contributed by atoms with Crippen LogP contribution in [0.5, 0.6) is 0 Å². The quantitative estimate of drug-likeness (QED) is 0.612. The summed E-state index contributed by atoms with van der Waals surface area (Å²) < 4.78 is 5.88. The molecule has 0 bridgehead atoms. The van der Waals surface area contributed by atoms with E-state index in [1.165, 1.54) is 36.0 Å². The molecule has 0 spiro atoms. The van der Waals surface area contributed by atoms with Crippen molar-refractivity contribution in [1.82, 2.24) is 0 Å². The molecule has 1 heterocycles. The molecule has 1 aromatic rings. The van der Waals surface area contributed by atoms with Crippen molar-refractivity contribution < 1.29 is 4.74 Å². The van der Waals surface area contributed by atoms with Gasteiger partial charge in [-0.05, 0) is 48.0 Å². The van der Waals surface area contributed by atoms with Gasteiger partial charge in [-0.15, -0.1) is 0 Å². The van der Waals surface area contributed by atoms with Crippen LogP contribution in [0.15, 0.2) is 42.7 Å². The first-order valence-electron chi connectivity index (χ1n) is 6.54. The van der Waals surface area contributed by atoms with E-state index >= 15 is 0 Å². The number of aryl methyl sites for hydroxylation is 1. The van der Waals surface area contributed by atoms with Gasteiger partial charge in [0.2, 0.25) is 0 Å². The second kappa shape index (κ2) is 3.49. The molecule has 3 atom stereocenters.